The summed E-state index contributed by atoms with van der Waals surface area (Å²) in [6.45, 7) is 0.655. The predicted molar refractivity (Wildman–Crippen MR) is 64.5 cm³/mol. The minimum Gasteiger partial charge on any atom is -0.493 e. The van der Waals surface area contributed by atoms with Gasteiger partial charge in [0.2, 0.25) is 0 Å². The number of hydrogen-bond acceptors (Lipinski definition) is 3. The lowest BCUT2D eigenvalue weighted by Crippen LogP contribution is -2.26. The van der Waals surface area contributed by atoms with Crippen LogP contribution in [0.2, 0.25) is 0 Å². The largest absolute Gasteiger partial charge is 0.493 e. The molecule has 0 aliphatic heterocycles. The summed E-state index contributed by atoms with van der Waals surface area (Å²) in [4.78, 5) is 0. The Kier molecular flexibility index (Phi) is 5.68. The summed E-state index contributed by atoms with van der Waals surface area (Å²) < 4.78 is 5.46. The van der Waals surface area contributed by atoms with E-state index in [-0.39, 0.29) is 12.6 Å². The Labute approximate surface area is 98.4 Å². The number of hydrogen-bond donors (Lipinski definition) is 2. The van der Waals surface area contributed by atoms with Crippen LogP contribution in [0.15, 0.2) is 24.3 Å². The van der Waals surface area contributed by atoms with Gasteiger partial charge in [0.15, 0.2) is 0 Å². The van der Waals surface area contributed by atoms with E-state index in [4.69, 9.17) is 15.6 Å². The van der Waals surface area contributed by atoms with Crippen LogP contribution >= 0.6 is 15.9 Å². The molecule has 1 atom stereocenters. The van der Waals surface area contributed by atoms with Crippen molar-refractivity contribution in [2.24, 2.45) is 5.73 Å². The van der Waals surface area contributed by atoms with Crippen LogP contribution < -0.4 is 10.5 Å². The molecule has 0 saturated heterocycles. The molecule has 1 aromatic rings. The molecule has 0 fully saturated rings. The highest BCUT2D eigenvalue weighted by Crippen LogP contribution is 2.14. The van der Waals surface area contributed by atoms with Gasteiger partial charge in [0, 0.05) is 11.4 Å². The molecule has 0 radical (unpaired) electrons. The monoisotopic (exact) mass is 273 g/mol. The van der Waals surface area contributed by atoms with E-state index >= 15 is 0 Å². The fraction of sp³-hybridized carbons (Fsp3) is 0.455. The van der Waals surface area contributed by atoms with Gasteiger partial charge in [-0.05, 0) is 24.1 Å². The van der Waals surface area contributed by atoms with Crippen LogP contribution in [-0.2, 0) is 6.42 Å². The standard InChI is InChI=1S/C11H16BrNO2/c12-4-5-15-11-3-1-2-9(7-11)6-10(13)8-14/h1-3,7,10,14H,4-6,8,13H2. The lowest BCUT2D eigenvalue weighted by atomic mass is 10.1. The summed E-state index contributed by atoms with van der Waals surface area (Å²) in [7, 11) is 0. The van der Waals surface area contributed by atoms with E-state index < -0.39 is 0 Å². The maximum atomic E-state index is 8.84. The van der Waals surface area contributed by atoms with Crippen LogP contribution in [0.3, 0.4) is 0 Å². The first-order valence-electron chi connectivity index (χ1n) is 4.90. The van der Waals surface area contributed by atoms with E-state index in [1.807, 2.05) is 24.3 Å². The van der Waals surface area contributed by atoms with E-state index in [2.05, 4.69) is 15.9 Å². The second-order valence-electron chi connectivity index (χ2n) is 3.33. The van der Waals surface area contributed by atoms with Gasteiger partial charge < -0.3 is 15.6 Å². The van der Waals surface area contributed by atoms with Gasteiger partial charge >= 0.3 is 0 Å². The number of benzene rings is 1. The van der Waals surface area contributed by atoms with Crippen molar-refractivity contribution in [2.45, 2.75) is 12.5 Å². The molecule has 3 nitrogen and oxygen atoms in total. The van der Waals surface area contributed by atoms with Crippen molar-refractivity contribution < 1.29 is 9.84 Å². The number of rotatable bonds is 6. The van der Waals surface area contributed by atoms with Gasteiger partial charge in [-0.15, -0.1) is 0 Å². The van der Waals surface area contributed by atoms with Gasteiger partial charge in [0.1, 0.15) is 5.75 Å². The zero-order valence-corrected chi connectivity index (χ0v) is 10.1. The van der Waals surface area contributed by atoms with Gasteiger partial charge in [0.05, 0.1) is 13.2 Å². The highest BCUT2D eigenvalue weighted by Gasteiger charge is 2.03. The maximum absolute atomic E-state index is 8.84. The molecule has 15 heavy (non-hydrogen) atoms. The van der Waals surface area contributed by atoms with Crippen molar-refractivity contribution in [1.29, 1.82) is 0 Å². The SMILES string of the molecule is NC(CO)Cc1cccc(OCCBr)c1. The number of ether oxygens (including phenoxy) is 1. The minimum atomic E-state index is -0.198. The molecule has 0 heterocycles. The molecule has 0 saturated carbocycles. The average Bonchev–Trinajstić information content (AvgIpc) is 2.26. The highest BCUT2D eigenvalue weighted by atomic mass is 79.9. The first-order chi connectivity index (χ1) is 7.26. The van der Waals surface area contributed by atoms with E-state index in [0.29, 0.717) is 13.0 Å². The summed E-state index contributed by atoms with van der Waals surface area (Å²) in [6, 6.07) is 7.59. The molecule has 84 valence electrons. The Balaban J connectivity index is 2.57. The number of nitrogens with two attached hydrogens (primary N) is 1. The predicted octanol–water partition coefficient (Wildman–Crippen LogP) is 1.32. The third-order valence-electron chi connectivity index (χ3n) is 1.98. The van der Waals surface area contributed by atoms with Crippen LogP contribution in [-0.4, -0.2) is 29.7 Å². The smallest absolute Gasteiger partial charge is 0.119 e. The van der Waals surface area contributed by atoms with Crippen molar-refractivity contribution in [2.75, 3.05) is 18.5 Å². The zero-order chi connectivity index (χ0) is 11.1. The first kappa shape index (κ1) is 12.5. The molecule has 0 aliphatic rings. The van der Waals surface area contributed by atoms with Gasteiger partial charge in [-0.1, -0.05) is 28.1 Å². The van der Waals surface area contributed by atoms with Crippen LogP contribution in [0.1, 0.15) is 5.56 Å². The van der Waals surface area contributed by atoms with Crippen LogP contribution in [0.25, 0.3) is 0 Å². The molecule has 1 unspecified atom stereocenters. The fourth-order valence-corrected chi connectivity index (χ4v) is 1.45. The molecule has 1 rings (SSSR count). The lowest BCUT2D eigenvalue weighted by Gasteiger charge is -2.10. The Bertz CT molecular complexity index is 294. The Morgan fingerprint density at radius 2 is 2.27 bits per heavy atom. The van der Waals surface area contributed by atoms with Crippen LogP contribution in [0.5, 0.6) is 5.75 Å². The molecule has 0 spiro atoms. The molecule has 0 aliphatic carbocycles. The third-order valence-corrected chi connectivity index (χ3v) is 2.30. The van der Waals surface area contributed by atoms with Gasteiger partial charge in [-0.2, -0.15) is 0 Å². The van der Waals surface area contributed by atoms with Crippen molar-refractivity contribution in [3.63, 3.8) is 0 Å². The third kappa shape index (κ3) is 4.64. The molecular formula is C11H16BrNO2. The summed E-state index contributed by atoms with van der Waals surface area (Å²) >= 11 is 3.30. The number of halogens is 1. The van der Waals surface area contributed by atoms with E-state index in [0.717, 1.165) is 16.6 Å². The Hall–Kier alpha value is -0.580. The minimum absolute atomic E-state index is 0.00643. The topological polar surface area (TPSA) is 55.5 Å². The summed E-state index contributed by atoms with van der Waals surface area (Å²) in [6.07, 6.45) is 0.669. The summed E-state index contributed by atoms with van der Waals surface area (Å²) in [5.41, 5.74) is 6.74. The van der Waals surface area contributed by atoms with Crippen LogP contribution in [0, 0.1) is 0 Å². The molecule has 0 amide bonds. The van der Waals surface area contributed by atoms with Gasteiger partial charge in [-0.25, -0.2) is 0 Å². The zero-order valence-electron chi connectivity index (χ0n) is 8.53. The molecule has 0 aromatic heterocycles. The molecular weight excluding hydrogens is 258 g/mol. The van der Waals surface area contributed by atoms with Crippen molar-refractivity contribution >= 4 is 15.9 Å². The quantitative estimate of drug-likeness (QED) is 0.769. The highest BCUT2D eigenvalue weighted by molar-refractivity contribution is 9.09. The Morgan fingerprint density at radius 3 is 2.93 bits per heavy atom. The second kappa shape index (κ2) is 6.82. The number of aliphatic hydroxyl groups excluding tert-OH is 1. The Morgan fingerprint density at radius 1 is 1.47 bits per heavy atom. The molecule has 1 aromatic carbocycles. The van der Waals surface area contributed by atoms with Gasteiger partial charge in [-0.3, -0.25) is 0 Å². The molecule has 4 heteroatoms. The molecule has 0 bridgehead atoms. The number of alkyl halides is 1. The maximum Gasteiger partial charge on any atom is 0.119 e. The van der Waals surface area contributed by atoms with E-state index in [1.165, 1.54) is 0 Å². The van der Waals surface area contributed by atoms with Crippen molar-refractivity contribution in [1.82, 2.24) is 0 Å². The normalized spacial score (nSPS) is 12.5. The number of aliphatic hydroxyl groups is 1. The van der Waals surface area contributed by atoms with E-state index in [9.17, 15) is 0 Å². The molecule has 3 N–H and O–H groups in total. The van der Waals surface area contributed by atoms with Crippen molar-refractivity contribution in [3.05, 3.63) is 29.8 Å². The summed E-state index contributed by atoms with van der Waals surface area (Å²) in [5.74, 6) is 0.845. The second-order valence-corrected chi connectivity index (χ2v) is 4.12. The fourth-order valence-electron chi connectivity index (χ4n) is 1.29. The first-order valence-corrected chi connectivity index (χ1v) is 6.02. The van der Waals surface area contributed by atoms with Gasteiger partial charge in [0.25, 0.3) is 0 Å². The van der Waals surface area contributed by atoms with E-state index in [1.54, 1.807) is 0 Å². The lowest BCUT2D eigenvalue weighted by molar-refractivity contribution is 0.265. The van der Waals surface area contributed by atoms with Crippen molar-refractivity contribution in [3.8, 4) is 5.75 Å². The summed E-state index contributed by atoms with van der Waals surface area (Å²) in [5, 5.41) is 9.66. The average molecular weight is 274 g/mol. The van der Waals surface area contributed by atoms with Crippen LogP contribution in [0.4, 0.5) is 0 Å².